The third-order valence-corrected chi connectivity index (χ3v) is 12.8. The van der Waals surface area contributed by atoms with Gasteiger partial charge in [0.05, 0.1) is 22.1 Å². The van der Waals surface area contributed by atoms with Gasteiger partial charge in [-0.3, -0.25) is 9.59 Å². The van der Waals surface area contributed by atoms with E-state index < -0.39 is 39.7 Å². The minimum absolute atomic E-state index is 0. The molecule has 0 atom stereocenters. The predicted octanol–water partition coefficient (Wildman–Crippen LogP) is -1.34. The van der Waals surface area contributed by atoms with Crippen molar-refractivity contribution < 1.29 is 141 Å². The van der Waals surface area contributed by atoms with Crippen LogP contribution in [0.15, 0.2) is 95.9 Å². The van der Waals surface area contributed by atoms with Crippen LogP contribution in [-0.4, -0.2) is 62.2 Å². The Bertz CT molecular complexity index is 2190. The van der Waals surface area contributed by atoms with E-state index in [1.807, 2.05) is 24.3 Å². The standard InChI is InChI=1S/C43H48N4O8S.2K/c1-2-47(35-20-18-32(19-21-35)43(52)53)56(54,55)37-11-7-9-33(27-37)40(48)45-39-23-22-36(46-24-4-3-5-25-46)28-38(39)41(49)44-34-10-6-8-30(26-34)13-12-29-14-16-31(17-15-29)42(50)51;;/h6-11,14-17,22-23,26-28,32,35H,2-5,12-13,18-21,24-25H2,1H3,(H,44,49)(H,45,48)(H,50,51)(H,52,53);;/q;2*+1/p-2/t32-,35-;;. The maximum absolute atomic E-state index is 14.0. The SMILES string of the molecule is CCN([C@H]1CC[C@H](C(=O)[O-])CC1)S(=O)(=O)c1cccc(C(=O)Nc2ccc(N3CCCCC3)cc2C(=O)Nc2cccc(CCc3ccc(C(=O)[O-])cc3)c2)c1.[K+].[K+]. The Morgan fingerprint density at radius 1 is 0.724 bits per heavy atom. The second kappa shape index (κ2) is 22.5. The van der Waals surface area contributed by atoms with Crippen molar-refractivity contribution in [2.75, 3.05) is 35.2 Å². The Morgan fingerprint density at radius 3 is 2.05 bits per heavy atom. The number of nitrogens with one attached hydrogen (secondary N) is 2. The molecule has 1 aliphatic heterocycles. The zero-order valence-electron chi connectivity index (χ0n) is 33.4. The molecule has 1 saturated heterocycles. The van der Waals surface area contributed by atoms with Gasteiger partial charge in [0.15, 0.2) is 0 Å². The van der Waals surface area contributed by atoms with E-state index in [9.17, 15) is 37.8 Å². The number of nitrogens with zero attached hydrogens (tertiary/aromatic N) is 2. The van der Waals surface area contributed by atoms with Crippen molar-refractivity contribution in [3.8, 4) is 0 Å². The summed E-state index contributed by atoms with van der Waals surface area (Å²) < 4.78 is 29.1. The van der Waals surface area contributed by atoms with Crippen LogP contribution in [0.5, 0.6) is 0 Å². The number of carbonyl (C=O) groups excluding carboxylic acids is 4. The quantitative estimate of drug-likeness (QED) is 0.145. The maximum Gasteiger partial charge on any atom is 1.00 e. The number of aromatic carboxylic acids is 1. The number of aryl methyl sites for hydroxylation is 2. The van der Waals surface area contributed by atoms with Crippen LogP contribution in [0.1, 0.15) is 94.1 Å². The number of hydrogen-bond donors (Lipinski definition) is 2. The number of benzene rings is 4. The topological polar surface area (TPSA) is 179 Å². The van der Waals surface area contributed by atoms with E-state index in [1.165, 1.54) is 40.7 Å². The van der Waals surface area contributed by atoms with E-state index in [2.05, 4.69) is 15.5 Å². The van der Waals surface area contributed by atoms with Crippen molar-refractivity contribution in [1.29, 1.82) is 0 Å². The molecule has 2 aliphatic rings. The molecule has 2 amide bonds. The van der Waals surface area contributed by atoms with Gasteiger partial charge in [-0.1, -0.05) is 49.4 Å². The first-order valence-electron chi connectivity index (χ1n) is 19.2. The summed E-state index contributed by atoms with van der Waals surface area (Å²) >= 11 is 0. The summed E-state index contributed by atoms with van der Waals surface area (Å²) in [6.07, 6.45) is 5.97. The van der Waals surface area contributed by atoms with Gasteiger partial charge >= 0.3 is 103 Å². The van der Waals surface area contributed by atoms with E-state index in [-0.39, 0.29) is 143 Å². The first-order chi connectivity index (χ1) is 26.9. The smallest absolute Gasteiger partial charge is 0.550 e. The van der Waals surface area contributed by atoms with Gasteiger partial charge in [0, 0.05) is 48.6 Å². The van der Waals surface area contributed by atoms with Crippen LogP contribution >= 0.6 is 0 Å². The molecule has 4 aromatic rings. The minimum Gasteiger partial charge on any atom is -0.550 e. The number of carbonyl (C=O) groups is 4. The van der Waals surface area contributed by atoms with E-state index in [0.29, 0.717) is 44.2 Å². The van der Waals surface area contributed by atoms with Crippen molar-refractivity contribution >= 4 is 50.8 Å². The monoisotopic (exact) mass is 856 g/mol. The number of sulfonamides is 1. The molecule has 6 rings (SSSR count). The number of amides is 2. The largest absolute Gasteiger partial charge is 1.00 e. The summed E-state index contributed by atoms with van der Waals surface area (Å²) in [7, 11) is -4.02. The van der Waals surface area contributed by atoms with Gasteiger partial charge in [-0.05, 0) is 129 Å². The maximum atomic E-state index is 14.0. The first-order valence-corrected chi connectivity index (χ1v) is 20.6. The summed E-state index contributed by atoms with van der Waals surface area (Å²) in [4.78, 5) is 52.4. The summed E-state index contributed by atoms with van der Waals surface area (Å²) in [6.45, 7) is 3.61. The fraction of sp³-hybridized carbons (Fsp3) is 0.349. The number of anilines is 3. The van der Waals surface area contributed by atoms with Crippen molar-refractivity contribution in [2.24, 2.45) is 5.92 Å². The van der Waals surface area contributed by atoms with E-state index in [0.717, 1.165) is 49.2 Å². The van der Waals surface area contributed by atoms with Crippen LogP contribution in [0.25, 0.3) is 0 Å². The fourth-order valence-corrected chi connectivity index (χ4v) is 9.37. The Morgan fingerprint density at radius 2 is 1.40 bits per heavy atom. The third kappa shape index (κ3) is 12.4. The van der Waals surface area contributed by atoms with Crippen LogP contribution < -0.4 is 129 Å². The minimum atomic E-state index is -4.02. The molecule has 0 spiro atoms. The molecule has 1 heterocycles. The molecule has 0 radical (unpaired) electrons. The second-order valence-corrected chi connectivity index (χ2v) is 16.3. The molecule has 58 heavy (non-hydrogen) atoms. The number of carboxylic acid groups (broad SMARTS) is 2. The zero-order valence-corrected chi connectivity index (χ0v) is 40.4. The normalized spacial score (nSPS) is 16.7. The zero-order chi connectivity index (χ0) is 39.8. The van der Waals surface area contributed by atoms with E-state index >= 15 is 0 Å². The fourth-order valence-electron chi connectivity index (χ4n) is 7.63. The van der Waals surface area contributed by atoms with E-state index in [4.69, 9.17) is 0 Å². The van der Waals surface area contributed by atoms with Crippen molar-refractivity contribution in [2.45, 2.75) is 75.6 Å². The Balaban J connectivity index is 0.00000372. The molecule has 0 unspecified atom stereocenters. The third-order valence-electron chi connectivity index (χ3n) is 10.7. The Kier molecular flexibility index (Phi) is 18.8. The summed E-state index contributed by atoms with van der Waals surface area (Å²) in [5, 5.41) is 28.3. The molecule has 2 fully saturated rings. The summed E-state index contributed by atoms with van der Waals surface area (Å²) in [6, 6.07) is 24.7. The van der Waals surface area contributed by atoms with Gasteiger partial charge in [0.25, 0.3) is 11.8 Å². The number of rotatable bonds is 14. The average molecular weight is 857 g/mol. The van der Waals surface area contributed by atoms with Crippen molar-refractivity contribution in [3.05, 3.63) is 119 Å². The molecule has 0 aromatic heterocycles. The number of aliphatic carboxylic acids is 1. The first kappa shape index (κ1) is 48.4. The summed E-state index contributed by atoms with van der Waals surface area (Å²) in [5.41, 5.74) is 4.06. The predicted molar refractivity (Wildman–Crippen MR) is 210 cm³/mol. The number of piperidine rings is 1. The molecule has 294 valence electrons. The molecule has 15 heteroatoms. The van der Waals surface area contributed by atoms with Gasteiger partial charge < -0.3 is 35.3 Å². The Labute approximate surface area is 425 Å². The van der Waals surface area contributed by atoms with Gasteiger partial charge in [0.2, 0.25) is 10.0 Å². The van der Waals surface area contributed by atoms with Crippen LogP contribution in [0.3, 0.4) is 0 Å². The van der Waals surface area contributed by atoms with Gasteiger partial charge in [-0.2, -0.15) is 4.31 Å². The van der Waals surface area contributed by atoms with Crippen LogP contribution in [0, 0.1) is 5.92 Å². The second-order valence-electron chi connectivity index (χ2n) is 14.4. The molecule has 0 bridgehead atoms. The van der Waals surface area contributed by atoms with Gasteiger partial charge in [0.1, 0.15) is 0 Å². The van der Waals surface area contributed by atoms with Gasteiger partial charge in [-0.25, -0.2) is 8.42 Å². The molecule has 1 aliphatic carbocycles. The van der Waals surface area contributed by atoms with Crippen LogP contribution in [0.2, 0.25) is 0 Å². The molecule has 12 nitrogen and oxygen atoms in total. The van der Waals surface area contributed by atoms with Gasteiger partial charge in [-0.15, -0.1) is 0 Å². The average Bonchev–Trinajstić information content (AvgIpc) is 3.21. The summed E-state index contributed by atoms with van der Waals surface area (Å²) in [5.74, 6) is -3.95. The molecule has 1 saturated carbocycles. The molecular formula is C43H46K2N4O8S. The van der Waals surface area contributed by atoms with Crippen LogP contribution in [0.4, 0.5) is 17.1 Å². The molecule has 2 N–H and O–H groups in total. The number of carboxylic acids is 2. The molecule has 4 aromatic carbocycles. The molecular weight excluding hydrogens is 811 g/mol. The van der Waals surface area contributed by atoms with Crippen molar-refractivity contribution in [1.82, 2.24) is 4.31 Å². The van der Waals surface area contributed by atoms with Crippen molar-refractivity contribution in [3.63, 3.8) is 0 Å². The Hall–Kier alpha value is -2.26. The number of hydrogen-bond acceptors (Lipinski definition) is 9. The van der Waals surface area contributed by atoms with Crippen LogP contribution in [-0.2, 0) is 27.7 Å². The van der Waals surface area contributed by atoms with E-state index in [1.54, 1.807) is 37.3 Å².